The van der Waals surface area contributed by atoms with E-state index in [2.05, 4.69) is 80.0 Å². The molecular weight excluding hydrogens is 250 g/mol. The third kappa shape index (κ3) is 2.82. The van der Waals surface area contributed by atoms with E-state index >= 15 is 0 Å². The van der Waals surface area contributed by atoms with Crippen LogP contribution in [0.3, 0.4) is 0 Å². The summed E-state index contributed by atoms with van der Waals surface area (Å²) in [5.74, 6) is 0. The standard InChI is InChI=1S/C13H20BrN/c1-10(15(4)5)13(2,3)11-7-6-8-12(14)9-11/h6-10H,1-5H3. The molecule has 0 saturated carbocycles. The minimum Gasteiger partial charge on any atom is -0.306 e. The van der Waals surface area contributed by atoms with Gasteiger partial charge in [0.2, 0.25) is 0 Å². The predicted molar refractivity (Wildman–Crippen MR) is 70.3 cm³/mol. The maximum atomic E-state index is 3.53. The van der Waals surface area contributed by atoms with Crippen LogP contribution in [0.5, 0.6) is 0 Å². The van der Waals surface area contributed by atoms with Crippen molar-refractivity contribution in [3.63, 3.8) is 0 Å². The van der Waals surface area contributed by atoms with E-state index in [1.807, 2.05) is 0 Å². The highest BCUT2D eigenvalue weighted by molar-refractivity contribution is 9.10. The Bertz CT molecular complexity index is 331. The van der Waals surface area contributed by atoms with Gasteiger partial charge in [0, 0.05) is 15.9 Å². The van der Waals surface area contributed by atoms with Crippen LogP contribution in [0.1, 0.15) is 26.3 Å². The Hall–Kier alpha value is -0.340. The molecule has 0 fully saturated rings. The molecule has 0 aromatic heterocycles. The molecule has 1 aromatic carbocycles. The summed E-state index contributed by atoms with van der Waals surface area (Å²) in [6, 6.07) is 9.08. The van der Waals surface area contributed by atoms with E-state index in [1.165, 1.54) is 5.56 Å². The van der Waals surface area contributed by atoms with Crippen molar-refractivity contribution < 1.29 is 0 Å². The van der Waals surface area contributed by atoms with Crippen LogP contribution in [0.25, 0.3) is 0 Å². The second-order valence-corrected chi connectivity index (χ2v) is 5.79. The van der Waals surface area contributed by atoms with Gasteiger partial charge in [0.15, 0.2) is 0 Å². The molecule has 0 radical (unpaired) electrons. The Balaban J connectivity index is 3.05. The van der Waals surface area contributed by atoms with E-state index in [1.54, 1.807) is 0 Å². The molecule has 0 saturated heterocycles. The van der Waals surface area contributed by atoms with Gasteiger partial charge in [-0.25, -0.2) is 0 Å². The summed E-state index contributed by atoms with van der Waals surface area (Å²) in [6.45, 7) is 6.85. The Kier molecular flexibility index (Phi) is 3.96. The maximum absolute atomic E-state index is 3.53. The highest BCUT2D eigenvalue weighted by Gasteiger charge is 2.29. The molecule has 0 aliphatic heterocycles. The van der Waals surface area contributed by atoms with Gasteiger partial charge in [-0.1, -0.05) is 41.9 Å². The first-order valence-electron chi connectivity index (χ1n) is 5.28. The predicted octanol–water partition coefficient (Wildman–Crippen LogP) is 3.68. The van der Waals surface area contributed by atoms with Crippen molar-refractivity contribution in [2.24, 2.45) is 0 Å². The molecule has 2 heteroatoms. The van der Waals surface area contributed by atoms with Crippen LogP contribution in [-0.4, -0.2) is 25.0 Å². The third-order valence-corrected chi connectivity index (χ3v) is 3.88. The SMILES string of the molecule is CC(N(C)C)C(C)(C)c1cccc(Br)c1. The van der Waals surface area contributed by atoms with E-state index in [9.17, 15) is 0 Å². The molecule has 0 aliphatic carbocycles. The summed E-state index contributed by atoms with van der Waals surface area (Å²) in [7, 11) is 4.26. The zero-order chi connectivity index (χ0) is 11.6. The first-order chi connectivity index (χ1) is 6.85. The molecule has 1 unspecified atom stereocenters. The molecule has 0 N–H and O–H groups in total. The van der Waals surface area contributed by atoms with E-state index in [0.29, 0.717) is 6.04 Å². The van der Waals surface area contributed by atoms with Crippen molar-refractivity contribution in [2.75, 3.05) is 14.1 Å². The Morgan fingerprint density at radius 3 is 2.33 bits per heavy atom. The van der Waals surface area contributed by atoms with Gasteiger partial charge in [0.05, 0.1) is 0 Å². The summed E-state index contributed by atoms with van der Waals surface area (Å²) in [5, 5.41) is 0. The van der Waals surface area contributed by atoms with Crippen LogP contribution in [0.4, 0.5) is 0 Å². The van der Waals surface area contributed by atoms with Gasteiger partial charge in [-0.3, -0.25) is 0 Å². The lowest BCUT2D eigenvalue weighted by Gasteiger charge is -2.37. The Morgan fingerprint density at radius 1 is 1.27 bits per heavy atom. The smallest absolute Gasteiger partial charge is 0.0178 e. The first-order valence-corrected chi connectivity index (χ1v) is 6.07. The highest BCUT2D eigenvalue weighted by atomic mass is 79.9. The van der Waals surface area contributed by atoms with Crippen molar-refractivity contribution in [3.8, 4) is 0 Å². The fraction of sp³-hybridized carbons (Fsp3) is 0.538. The third-order valence-electron chi connectivity index (χ3n) is 3.39. The lowest BCUT2D eigenvalue weighted by Crippen LogP contribution is -2.41. The van der Waals surface area contributed by atoms with E-state index in [-0.39, 0.29) is 5.41 Å². The lowest BCUT2D eigenvalue weighted by atomic mass is 9.78. The number of hydrogen-bond acceptors (Lipinski definition) is 1. The van der Waals surface area contributed by atoms with E-state index < -0.39 is 0 Å². The molecule has 84 valence electrons. The van der Waals surface area contributed by atoms with Crippen LogP contribution in [-0.2, 0) is 5.41 Å². The van der Waals surface area contributed by atoms with Crippen LogP contribution >= 0.6 is 15.9 Å². The lowest BCUT2D eigenvalue weighted by molar-refractivity contribution is 0.216. The average molecular weight is 270 g/mol. The average Bonchev–Trinajstić information content (AvgIpc) is 2.16. The minimum atomic E-state index is 0.160. The molecule has 1 rings (SSSR count). The molecule has 1 nitrogen and oxygen atoms in total. The van der Waals surface area contributed by atoms with Gasteiger partial charge >= 0.3 is 0 Å². The molecule has 15 heavy (non-hydrogen) atoms. The molecule has 0 heterocycles. The summed E-state index contributed by atoms with van der Waals surface area (Å²) in [6.07, 6.45) is 0. The molecule has 0 aliphatic rings. The quantitative estimate of drug-likeness (QED) is 0.810. The number of benzene rings is 1. The van der Waals surface area contributed by atoms with Gasteiger partial charge < -0.3 is 4.90 Å². The van der Waals surface area contributed by atoms with Crippen LogP contribution in [0.15, 0.2) is 28.7 Å². The largest absolute Gasteiger partial charge is 0.306 e. The molecule has 1 atom stereocenters. The summed E-state index contributed by atoms with van der Waals surface area (Å²) in [4.78, 5) is 2.26. The Morgan fingerprint density at radius 2 is 1.87 bits per heavy atom. The van der Waals surface area contributed by atoms with Gasteiger partial charge in [0.1, 0.15) is 0 Å². The number of halogens is 1. The zero-order valence-corrected chi connectivity index (χ0v) is 11.8. The summed E-state index contributed by atoms with van der Waals surface area (Å²) in [5.41, 5.74) is 1.53. The number of nitrogens with zero attached hydrogens (tertiary/aromatic N) is 1. The van der Waals surface area contributed by atoms with Crippen molar-refractivity contribution in [1.29, 1.82) is 0 Å². The summed E-state index contributed by atoms with van der Waals surface area (Å²) >= 11 is 3.53. The monoisotopic (exact) mass is 269 g/mol. The second kappa shape index (κ2) is 4.67. The number of rotatable bonds is 3. The fourth-order valence-corrected chi connectivity index (χ4v) is 2.18. The maximum Gasteiger partial charge on any atom is 0.0178 e. The van der Waals surface area contributed by atoms with E-state index in [4.69, 9.17) is 0 Å². The normalized spacial score (nSPS) is 14.3. The van der Waals surface area contributed by atoms with Crippen molar-refractivity contribution in [1.82, 2.24) is 4.90 Å². The number of likely N-dealkylation sites (N-methyl/N-ethyl adjacent to an activating group) is 1. The molecule has 0 bridgehead atoms. The van der Waals surface area contributed by atoms with Crippen LogP contribution in [0, 0.1) is 0 Å². The molecule has 1 aromatic rings. The topological polar surface area (TPSA) is 3.24 Å². The van der Waals surface area contributed by atoms with Crippen LogP contribution in [0.2, 0.25) is 0 Å². The molecular formula is C13H20BrN. The fourth-order valence-electron chi connectivity index (χ4n) is 1.78. The van der Waals surface area contributed by atoms with Crippen LogP contribution < -0.4 is 0 Å². The molecule has 0 spiro atoms. The number of hydrogen-bond donors (Lipinski definition) is 0. The zero-order valence-electron chi connectivity index (χ0n) is 10.2. The first kappa shape index (κ1) is 12.7. The minimum absolute atomic E-state index is 0.160. The van der Waals surface area contributed by atoms with Gasteiger partial charge in [-0.05, 0) is 38.7 Å². The molecule has 0 amide bonds. The van der Waals surface area contributed by atoms with E-state index in [0.717, 1.165) is 4.47 Å². The van der Waals surface area contributed by atoms with Crippen molar-refractivity contribution in [3.05, 3.63) is 34.3 Å². The highest BCUT2D eigenvalue weighted by Crippen LogP contribution is 2.30. The van der Waals surface area contributed by atoms with Crippen molar-refractivity contribution >= 4 is 15.9 Å². The van der Waals surface area contributed by atoms with Gasteiger partial charge in [-0.2, -0.15) is 0 Å². The second-order valence-electron chi connectivity index (χ2n) is 4.87. The van der Waals surface area contributed by atoms with Gasteiger partial charge in [0.25, 0.3) is 0 Å². The summed E-state index contributed by atoms with van der Waals surface area (Å²) < 4.78 is 1.15. The van der Waals surface area contributed by atoms with Crippen molar-refractivity contribution in [2.45, 2.75) is 32.2 Å². The Labute approximate surface area is 102 Å². The van der Waals surface area contributed by atoms with Gasteiger partial charge in [-0.15, -0.1) is 0 Å².